The van der Waals surface area contributed by atoms with Gasteiger partial charge in [-0.3, -0.25) is 5.32 Å². The quantitative estimate of drug-likeness (QED) is 0.775. The predicted octanol–water partition coefficient (Wildman–Crippen LogP) is 3.10. The molecule has 1 heterocycles. The highest BCUT2D eigenvalue weighted by Gasteiger charge is 2.31. The molecule has 2 amide bonds. The van der Waals surface area contributed by atoms with Gasteiger partial charge in [0.2, 0.25) is 0 Å². The van der Waals surface area contributed by atoms with Crippen molar-refractivity contribution in [2.45, 2.75) is 6.36 Å². The fourth-order valence-corrected chi connectivity index (χ4v) is 2.53. The molecule has 1 aromatic heterocycles. The zero-order valence-corrected chi connectivity index (χ0v) is 13.5. The van der Waals surface area contributed by atoms with Gasteiger partial charge in [0.15, 0.2) is 5.13 Å². The zero-order chi connectivity index (χ0) is 18.4. The summed E-state index contributed by atoms with van der Waals surface area (Å²) in [4.78, 5) is 26.4. The lowest BCUT2D eigenvalue weighted by atomic mass is 10.3. The lowest BCUT2D eigenvalue weighted by molar-refractivity contribution is -0.274. The lowest BCUT2D eigenvalue weighted by Gasteiger charge is -2.07. The summed E-state index contributed by atoms with van der Waals surface area (Å²) in [6.45, 7) is -0.0481. The SMILES string of the molecule is COC(=O)NCCOC(=O)Nc1nc2ccc(OC(F)(F)F)cc2s1. The van der Waals surface area contributed by atoms with E-state index in [2.05, 4.69) is 25.1 Å². The number of halogens is 3. The van der Waals surface area contributed by atoms with Crippen molar-refractivity contribution in [3.63, 3.8) is 0 Å². The molecule has 136 valence electrons. The Morgan fingerprint density at radius 2 is 2.04 bits per heavy atom. The maximum Gasteiger partial charge on any atom is 0.573 e. The Bertz CT molecular complexity index is 765. The monoisotopic (exact) mass is 379 g/mol. The zero-order valence-electron chi connectivity index (χ0n) is 12.7. The predicted molar refractivity (Wildman–Crippen MR) is 81.7 cm³/mol. The van der Waals surface area contributed by atoms with Crippen LogP contribution in [0.1, 0.15) is 0 Å². The highest BCUT2D eigenvalue weighted by molar-refractivity contribution is 7.22. The van der Waals surface area contributed by atoms with Crippen LogP contribution in [0.4, 0.5) is 27.9 Å². The molecule has 0 spiro atoms. The number of carbonyl (C=O) groups is 2. The summed E-state index contributed by atoms with van der Waals surface area (Å²) in [6, 6.07) is 3.62. The molecule has 8 nitrogen and oxygen atoms in total. The van der Waals surface area contributed by atoms with E-state index in [0.717, 1.165) is 23.5 Å². The summed E-state index contributed by atoms with van der Waals surface area (Å²) in [6.07, 6.45) is -6.27. The summed E-state index contributed by atoms with van der Waals surface area (Å²) in [5.74, 6) is -0.383. The highest BCUT2D eigenvalue weighted by atomic mass is 32.1. The first-order valence-corrected chi connectivity index (χ1v) is 7.50. The number of thiazole rings is 1. The maximum atomic E-state index is 12.2. The summed E-state index contributed by atoms with van der Waals surface area (Å²) in [7, 11) is 1.20. The summed E-state index contributed by atoms with van der Waals surface area (Å²) >= 11 is 0.953. The molecule has 1 aromatic carbocycles. The van der Waals surface area contributed by atoms with Crippen molar-refractivity contribution in [3.8, 4) is 5.75 Å². The molecule has 0 aliphatic rings. The second-order valence-corrected chi connectivity index (χ2v) is 5.41. The molecule has 0 aliphatic carbocycles. The van der Waals surface area contributed by atoms with E-state index in [-0.39, 0.29) is 24.0 Å². The van der Waals surface area contributed by atoms with Gasteiger partial charge in [0, 0.05) is 6.07 Å². The van der Waals surface area contributed by atoms with Crippen molar-refractivity contribution in [2.24, 2.45) is 0 Å². The summed E-state index contributed by atoms with van der Waals surface area (Å²) < 4.78 is 49.9. The number of methoxy groups -OCH3 is 1. The number of ether oxygens (including phenoxy) is 3. The molecular weight excluding hydrogens is 367 g/mol. The number of nitrogens with zero attached hydrogens (tertiary/aromatic N) is 1. The minimum absolute atomic E-state index is 0.0536. The van der Waals surface area contributed by atoms with Crippen molar-refractivity contribution < 1.29 is 37.0 Å². The van der Waals surface area contributed by atoms with Crippen molar-refractivity contribution >= 4 is 38.9 Å². The Kier molecular flexibility index (Phi) is 5.85. The fraction of sp³-hybridized carbons (Fsp3) is 0.308. The Balaban J connectivity index is 1.90. The highest BCUT2D eigenvalue weighted by Crippen LogP contribution is 2.31. The van der Waals surface area contributed by atoms with Gasteiger partial charge >= 0.3 is 18.5 Å². The molecule has 0 atom stereocenters. The van der Waals surface area contributed by atoms with Crippen LogP contribution in [0.15, 0.2) is 18.2 Å². The Labute approximate surface area is 142 Å². The number of rotatable bonds is 5. The van der Waals surface area contributed by atoms with E-state index in [1.54, 1.807) is 0 Å². The van der Waals surface area contributed by atoms with E-state index < -0.39 is 18.5 Å². The van der Waals surface area contributed by atoms with Crippen LogP contribution >= 0.6 is 11.3 Å². The van der Waals surface area contributed by atoms with E-state index in [4.69, 9.17) is 4.74 Å². The van der Waals surface area contributed by atoms with Gasteiger partial charge in [0.1, 0.15) is 12.4 Å². The number of benzene rings is 1. The van der Waals surface area contributed by atoms with E-state index in [1.165, 1.54) is 13.2 Å². The molecule has 2 rings (SSSR count). The molecule has 0 bridgehead atoms. The average molecular weight is 379 g/mol. The number of amides is 2. The van der Waals surface area contributed by atoms with E-state index in [9.17, 15) is 22.8 Å². The van der Waals surface area contributed by atoms with Crippen LogP contribution in [0.2, 0.25) is 0 Å². The molecule has 12 heteroatoms. The molecular formula is C13H12F3N3O5S. The van der Waals surface area contributed by atoms with Gasteiger partial charge in [-0.15, -0.1) is 13.2 Å². The van der Waals surface area contributed by atoms with Crippen LogP contribution in [0.5, 0.6) is 5.75 Å². The van der Waals surface area contributed by atoms with Crippen molar-refractivity contribution in [1.29, 1.82) is 0 Å². The molecule has 2 N–H and O–H groups in total. The number of aromatic nitrogens is 1. The van der Waals surface area contributed by atoms with Crippen LogP contribution in [0.3, 0.4) is 0 Å². The Morgan fingerprint density at radius 3 is 2.72 bits per heavy atom. The van der Waals surface area contributed by atoms with Gasteiger partial charge in [-0.05, 0) is 12.1 Å². The molecule has 0 fully saturated rings. The van der Waals surface area contributed by atoms with Crippen molar-refractivity contribution in [1.82, 2.24) is 10.3 Å². The van der Waals surface area contributed by atoms with Crippen molar-refractivity contribution in [2.75, 3.05) is 25.6 Å². The number of anilines is 1. The van der Waals surface area contributed by atoms with Crippen LogP contribution in [-0.2, 0) is 9.47 Å². The van der Waals surface area contributed by atoms with Gasteiger partial charge in [-0.1, -0.05) is 11.3 Å². The first-order chi connectivity index (χ1) is 11.8. The molecule has 0 saturated carbocycles. The second kappa shape index (κ2) is 7.88. The number of carbonyl (C=O) groups excluding carboxylic acids is 2. The lowest BCUT2D eigenvalue weighted by Crippen LogP contribution is -2.28. The minimum Gasteiger partial charge on any atom is -0.453 e. The van der Waals surface area contributed by atoms with Crippen molar-refractivity contribution in [3.05, 3.63) is 18.2 Å². The van der Waals surface area contributed by atoms with Crippen LogP contribution in [-0.4, -0.2) is 43.8 Å². The van der Waals surface area contributed by atoms with Crippen LogP contribution in [0.25, 0.3) is 10.2 Å². The first-order valence-electron chi connectivity index (χ1n) is 6.69. The first kappa shape index (κ1) is 18.6. The van der Waals surface area contributed by atoms with Gasteiger partial charge in [0.05, 0.1) is 23.9 Å². The Hall–Kier alpha value is -2.76. The van der Waals surface area contributed by atoms with E-state index in [0.29, 0.717) is 10.2 Å². The number of hydrogen-bond donors (Lipinski definition) is 2. The topological polar surface area (TPSA) is 98.8 Å². The normalized spacial score (nSPS) is 11.0. The van der Waals surface area contributed by atoms with Gasteiger partial charge in [0.25, 0.3) is 0 Å². The fourth-order valence-electron chi connectivity index (χ4n) is 1.65. The number of alkyl carbamates (subject to hydrolysis) is 1. The third kappa shape index (κ3) is 5.99. The van der Waals surface area contributed by atoms with E-state index in [1.807, 2.05) is 0 Å². The second-order valence-electron chi connectivity index (χ2n) is 4.38. The number of alkyl halides is 3. The molecule has 25 heavy (non-hydrogen) atoms. The average Bonchev–Trinajstić information content (AvgIpc) is 2.91. The van der Waals surface area contributed by atoms with Gasteiger partial charge < -0.3 is 19.5 Å². The standard InChI is InChI=1S/C13H12F3N3O5S/c1-22-11(20)17-4-5-23-12(21)19-10-18-8-3-2-7(6-9(8)25-10)24-13(14,15)16/h2-3,6H,4-5H2,1H3,(H,17,20)(H,18,19,21). The number of hydrogen-bond acceptors (Lipinski definition) is 7. The number of nitrogens with one attached hydrogen (secondary N) is 2. The maximum absolute atomic E-state index is 12.2. The van der Waals surface area contributed by atoms with Crippen LogP contribution in [0, 0.1) is 0 Å². The molecule has 0 unspecified atom stereocenters. The van der Waals surface area contributed by atoms with Gasteiger partial charge in [-0.2, -0.15) is 0 Å². The molecule has 0 radical (unpaired) electrons. The van der Waals surface area contributed by atoms with E-state index >= 15 is 0 Å². The third-order valence-corrected chi connectivity index (χ3v) is 3.53. The smallest absolute Gasteiger partial charge is 0.453 e. The molecule has 0 aliphatic heterocycles. The molecule has 2 aromatic rings. The summed E-state index contributed by atoms with van der Waals surface area (Å²) in [5, 5.41) is 4.80. The number of fused-ring (bicyclic) bond motifs is 1. The molecule has 0 saturated heterocycles. The van der Waals surface area contributed by atoms with Crippen LogP contribution < -0.4 is 15.4 Å². The summed E-state index contributed by atoms with van der Waals surface area (Å²) in [5.41, 5.74) is 0.391. The third-order valence-electron chi connectivity index (χ3n) is 2.59. The van der Waals surface area contributed by atoms with Gasteiger partial charge in [-0.25, -0.2) is 14.6 Å². The Morgan fingerprint density at radius 1 is 1.28 bits per heavy atom. The minimum atomic E-state index is -4.79. The largest absolute Gasteiger partial charge is 0.573 e.